The van der Waals surface area contributed by atoms with Crippen LogP contribution in [-0.4, -0.2) is 67.6 Å². The van der Waals surface area contributed by atoms with Crippen molar-refractivity contribution >= 4 is 17.5 Å². The lowest BCUT2D eigenvalue weighted by molar-refractivity contribution is 0.0721. The van der Waals surface area contributed by atoms with E-state index in [1.54, 1.807) is 7.11 Å². The average molecular weight is 481 g/mol. The molecule has 2 unspecified atom stereocenters. The lowest BCUT2D eigenvalue weighted by atomic mass is 10.1. The van der Waals surface area contributed by atoms with Crippen LogP contribution in [0.3, 0.4) is 0 Å². The molecule has 7 heteroatoms. The van der Waals surface area contributed by atoms with E-state index in [9.17, 15) is 9.59 Å². The number of amides is 2. The van der Waals surface area contributed by atoms with Gasteiger partial charge in [0, 0.05) is 48.7 Å². The van der Waals surface area contributed by atoms with E-state index in [0.717, 1.165) is 55.7 Å². The van der Waals surface area contributed by atoms with Crippen molar-refractivity contribution < 1.29 is 14.3 Å². The third kappa shape index (κ3) is 7.05. The Kier molecular flexibility index (Phi) is 10.1. The molecule has 2 aromatic rings. The maximum atomic E-state index is 13.0. The number of hydrogen-bond donors (Lipinski definition) is 2. The quantitative estimate of drug-likeness (QED) is 0.389. The van der Waals surface area contributed by atoms with Crippen LogP contribution in [0.15, 0.2) is 48.5 Å². The molecule has 1 aliphatic rings. The Morgan fingerprint density at radius 3 is 2.63 bits per heavy atom. The number of rotatable bonds is 14. The molecule has 0 saturated carbocycles. The van der Waals surface area contributed by atoms with Gasteiger partial charge in [-0.1, -0.05) is 38.1 Å². The van der Waals surface area contributed by atoms with Crippen LogP contribution < -0.4 is 10.6 Å². The van der Waals surface area contributed by atoms with Gasteiger partial charge in [0.2, 0.25) is 0 Å². The summed E-state index contributed by atoms with van der Waals surface area (Å²) in [5.41, 5.74) is 3.08. The van der Waals surface area contributed by atoms with Gasteiger partial charge in [0.15, 0.2) is 0 Å². The first-order chi connectivity index (χ1) is 17.0. The molecule has 2 aromatic carbocycles. The van der Waals surface area contributed by atoms with Crippen molar-refractivity contribution in [3.05, 3.63) is 65.2 Å². The fourth-order valence-electron chi connectivity index (χ4n) is 4.58. The van der Waals surface area contributed by atoms with Gasteiger partial charge in [0.05, 0.1) is 0 Å². The second kappa shape index (κ2) is 13.3. The van der Waals surface area contributed by atoms with E-state index in [1.807, 2.05) is 53.4 Å². The fraction of sp³-hybridized carbons (Fsp3) is 0.500. The maximum Gasteiger partial charge on any atom is 0.256 e. The van der Waals surface area contributed by atoms with Crippen LogP contribution in [0.25, 0.3) is 0 Å². The summed E-state index contributed by atoms with van der Waals surface area (Å²) in [7, 11) is 1.67. The Bertz CT molecular complexity index is 976. The topological polar surface area (TPSA) is 73.9 Å². The smallest absolute Gasteiger partial charge is 0.256 e. The highest BCUT2D eigenvalue weighted by atomic mass is 16.5. The number of benzene rings is 2. The number of nitrogens with zero attached hydrogens (tertiary/aromatic N) is 2. The molecule has 2 N–H and O–H groups in total. The van der Waals surface area contributed by atoms with Gasteiger partial charge in [-0.15, -0.1) is 0 Å². The van der Waals surface area contributed by atoms with Crippen LogP contribution >= 0.6 is 0 Å². The van der Waals surface area contributed by atoms with E-state index in [2.05, 4.69) is 36.3 Å². The minimum Gasteiger partial charge on any atom is -0.385 e. The first-order valence-corrected chi connectivity index (χ1v) is 12.8. The Labute approximate surface area is 209 Å². The molecule has 1 aliphatic heterocycles. The lowest BCUT2D eigenvalue weighted by Crippen LogP contribution is -2.34. The zero-order valence-corrected chi connectivity index (χ0v) is 21.5. The van der Waals surface area contributed by atoms with E-state index in [4.69, 9.17) is 4.74 Å². The second-order valence-electron chi connectivity index (χ2n) is 9.10. The molecule has 0 radical (unpaired) electrons. The molecule has 3 rings (SSSR count). The van der Waals surface area contributed by atoms with E-state index in [1.165, 1.54) is 0 Å². The third-order valence-electron chi connectivity index (χ3n) is 6.62. The predicted octanol–water partition coefficient (Wildman–Crippen LogP) is 4.53. The molecule has 2 amide bonds. The Balaban J connectivity index is 1.65. The van der Waals surface area contributed by atoms with Gasteiger partial charge in [-0.2, -0.15) is 0 Å². The summed E-state index contributed by atoms with van der Waals surface area (Å²) in [6.07, 6.45) is 2.46. The van der Waals surface area contributed by atoms with Gasteiger partial charge < -0.3 is 25.2 Å². The lowest BCUT2D eigenvalue weighted by Gasteiger charge is -2.27. The number of carbonyl (C=O) groups excluding carboxylic acids is 2. The van der Waals surface area contributed by atoms with E-state index in [0.29, 0.717) is 18.7 Å². The number of hydrogen-bond acceptors (Lipinski definition) is 5. The minimum atomic E-state index is -0.284. The van der Waals surface area contributed by atoms with Crippen molar-refractivity contribution in [2.24, 2.45) is 0 Å². The van der Waals surface area contributed by atoms with Crippen molar-refractivity contribution in [1.29, 1.82) is 0 Å². The summed E-state index contributed by atoms with van der Waals surface area (Å²) in [4.78, 5) is 30.2. The number of ether oxygens (including phenoxy) is 1. The maximum absolute atomic E-state index is 13.0. The molecular weight excluding hydrogens is 440 g/mol. The zero-order chi connectivity index (χ0) is 25.2. The fourth-order valence-corrected chi connectivity index (χ4v) is 4.58. The normalized spacial score (nSPS) is 15.9. The number of methoxy groups -OCH3 is 1. The molecule has 0 aliphatic carbocycles. The molecule has 2 atom stereocenters. The minimum absolute atomic E-state index is 0.0154. The summed E-state index contributed by atoms with van der Waals surface area (Å²) < 4.78 is 5.18. The standard InChI is InChI=1S/C28H40N4O3/c1-5-31(6-2)17-10-12-21(3)29-27(33)22-13-9-14-23(20-22)30-26-24-15-7-8-16-25(24)28(34)32(26)18-11-19-35-4/h7-9,13-16,20-21,26,30H,5-6,10-12,17-19H2,1-4H3,(H,29,33). The number of anilines is 1. The van der Waals surface area contributed by atoms with Crippen molar-refractivity contribution in [3.8, 4) is 0 Å². The van der Waals surface area contributed by atoms with E-state index in [-0.39, 0.29) is 24.0 Å². The van der Waals surface area contributed by atoms with Crippen LogP contribution in [0, 0.1) is 0 Å². The highest BCUT2D eigenvalue weighted by molar-refractivity contribution is 5.99. The Morgan fingerprint density at radius 2 is 1.89 bits per heavy atom. The van der Waals surface area contributed by atoms with Crippen LogP contribution in [0.2, 0.25) is 0 Å². The molecule has 0 bridgehead atoms. The number of nitrogens with one attached hydrogen (secondary N) is 2. The first kappa shape index (κ1) is 26.7. The summed E-state index contributed by atoms with van der Waals surface area (Å²) in [5, 5.41) is 6.62. The third-order valence-corrected chi connectivity index (χ3v) is 6.62. The van der Waals surface area contributed by atoms with Crippen molar-refractivity contribution in [2.75, 3.05) is 45.2 Å². The molecule has 190 valence electrons. The van der Waals surface area contributed by atoms with E-state index >= 15 is 0 Å². The van der Waals surface area contributed by atoms with Gasteiger partial charge in [0.1, 0.15) is 6.17 Å². The largest absolute Gasteiger partial charge is 0.385 e. The molecule has 0 fully saturated rings. The van der Waals surface area contributed by atoms with Gasteiger partial charge in [0.25, 0.3) is 11.8 Å². The van der Waals surface area contributed by atoms with Crippen LogP contribution in [0.1, 0.15) is 72.5 Å². The van der Waals surface area contributed by atoms with Crippen LogP contribution in [-0.2, 0) is 4.74 Å². The number of fused-ring (bicyclic) bond motifs is 1. The van der Waals surface area contributed by atoms with Crippen molar-refractivity contribution in [3.63, 3.8) is 0 Å². The summed E-state index contributed by atoms with van der Waals surface area (Å²) in [6.45, 7) is 10.7. The molecule has 0 aromatic heterocycles. The number of carbonyl (C=O) groups is 2. The van der Waals surface area contributed by atoms with Crippen LogP contribution in [0.5, 0.6) is 0 Å². The SMILES string of the molecule is CCN(CC)CCCC(C)NC(=O)c1cccc(NC2c3ccccc3C(=O)N2CCCOC)c1. The zero-order valence-electron chi connectivity index (χ0n) is 21.5. The van der Waals surface area contributed by atoms with Gasteiger partial charge >= 0.3 is 0 Å². The molecule has 35 heavy (non-hydrogen) atoms. The molecule has 1 heterocycles. The van der Waals surface area contributed by atoms with Gasteiger partial charge in [-0.25, -0.2) is 0 Å². The first-order valence-electron chi connectivity index (χ1n) is 12.8. The molecular formula is C28H40N4O3. The van der Waals surface area contributed by atoms with Gasteiger partial charge in [-0.05, 0) is 70.1 Å². The van der Waals surface area contributed by atoms with Gasteiger partial charge in [-0.3, -0.25) is 9.59 Å². The van der Waals surface area contributed by atoms with E-state index < -0.39 is 0 Å². The highest BCUT2D eigenvalue weighted by Crippen LogP contribution is 2.34. The van der Waals surface area contributed by atoms with Crippen molar-refractivity contribution in [1.82, 2.24) is 15.1 Å². The predicted molar refractivity (Wildman–Crippen MR) is 141 cm³/mol. The summed E-state index contributed by atoms with van der Waals surface area (Å²) >= 11 is 0. The Morgan fingerprint density at radius 1 is 1.11 bits per heavy atom. The second-order valence-corrected chi connectivity index (χ2v) is 9.10. The summed E-state index contributed by atoms with van der Waals surface area (Å²) in [6, 6.07) is 15.3. The summed E-state index contributed by atoms with van der Waals surface area (Å²) in [5.74, 6) is -0.0644. The Hall–Kier alpha value is -2.90. The van der Waals surface area contributed by atoms with Crippen LogP contribution in [0.4, 0.5) is 5.69 Å². The molecule has 0 saturated heterocycles. The molecule has 0 spiro atoms. The highest BCUT2D eigenvalue weighted by Gasteiger charge is 2.36. The average Bonchev–Trinajstić information content (AvgIpc) is 3.13. The monoisotopic (exact) mass is 480 g/mol. The van der Waals surface area contributed by atoms with Crippen molar-refractivity contribution in [2.45, 2.75) is 52.2 Å². The molecule has 7 nitrogen and oxygen atoms in total.